The van der Waals surface area contributed by atoms with Gasteiger partial charge in [0.05, 0.1) is 0 Å². The molecule has 0 spiro atoms. The van der Waals surface area contributed by atoms with Crippen LogP contribution >= 0.6 is 0 Å². The summed E-state index contributed by atoms with van der Waals surface area (Å²) in [6, 6.07) is 0.426. The van der Waals surface area contributed by atoms with Gasteiger partial charge in [-0.1, -0.05) is 26.7 Å². The quantitative estimate of drug-likeness (QED) is 0.709. The molecule has 1 heterocycles. The molecule has 1 fully saturated rings. The molecule has 0 aliphatic carbocycles. The van der Waals surface area contributed by atoms with Gasteiger partial charge in [-0.05, 0) is 20.0 Å². The van der Waals surface area contributed by atoms with Crippen molar-refractivity contribution in [1.29, 1.82) is 0 Å². The number of rotatable bonds is 6. The predicted molar refractivity (Wildman–Crippen MR) is 72.2 cm³/mol. The van der Waals surface area contributed by atoms with Crippen molar-refractivity contribution in [3.05, 3.63) is 0 Å². The molecule has 0 saturated carbocycles. The molecule has 1 aliphatic heterocycles. The number of hydrogen-bond acceptors (Lipinski definition) is 3. The van der Waals surface area contributed by atoms with E-state index >= 15 is 0 Å². The van der Waals surface area contributed by atoms with Crippen LogP contribution in [0.25, 0.3) is 0 Å². The molecule has 3 nitrogen and oxygen atoms in total. The number of piperazine rings is 1. The summed E-state index contributed by atoms with van der Waals surface area (Å²) in [6.07, 6.45) is 3.85. The third-order valence-corrected chi connectivity index (χ3v) is 3.80. The summed E-state index contributed by atoms with van der Waals surface area (Å²) in [5.41, 5.74) is 0. The van der Waals surface area contributed by atoms with Crippen molar-refractivity contribution in [2.75, 3.05) is 33.7 Å². The molecule has 1 saturated heterocycles. The van der Waals surface area contributed by atoms with E-state index in [1.54, 1.807) is 0 Å². The molecule has 0 radical (unpaired) electrons. The van der Waals surface area contributed by atoms with Crippen molar-refractivity contribution in [3.63, 3.8) is 0 Å². The Labute approximate surface area is 106 Å². The van der Waals surface area contributed by atoms with E-state index in [0.29, 0.717) is 17.7 Å². The smallest absolute Gasteiger partial charge is 0.134 e. The summed E-state index contributed by atoms with van der Waals surface area (Å²) in [5, 5.41) is 0. The van der Waals surface area contributed by atoms with E-state index in [1.807, 2.05) is 0 Å². The molecular weight excluding hydrogens is 212 g/mol. The normalized spacial score (nSPS) is 24.8. The Hall–Kier alpha value is -0.410. The van der Waals surface area contributed by atoms with Gasteiger partial charge >= 0.3 is 0 Å². The van der Waals surface area contributed by atoms with Crippen molar-refractivity contribution < 1.29 is 4.79 Å². The molecule has 0 bridgehead atoms. The van der Waals surface area contributed by atoms with E-state index in [1.165, 1.54) is 12.8 Å². The molecule has 1 rings (SSSR count). The summed E-state index contributed by atoms with van der Waals surface area (Å²) in [4.78, 5) is 16.7. The summed E-state index contributed by atoms with van der Waals surface area (Å²) in [6.45, 7) is 7.61. The maximum Gasteiger partial charge on any atom is 0.134 e. The second-order valence-corrected chi connectivity index (χ2v) is 5.74. The molecule has 2 unspecified atom stereocenters. The van der Waals surface area contributed by atoms with Crippen molar-refractivity contribution >= 4 is 5.78 Å². The predicted octanol–water partition coefficient (Wildman–Crippen LogP) is 2.02. The SMILES string of the molecule is CCCC(C)CC(=O)CC1CN(C)CCN1C. The van der Waals surface area contributed by atoms with E-state index < -0.39 is 0 Å². The fourth-order valence-electron chi connectivity index (χ4n) is 2.65. The van der Waals surface area contributed by atoms with Crippen LogP contribution in [0, 0.1) is 5.92 Å². The van der Waals surface area contributed by atoms with Gasteiger partial charge in [0.15, 0.2) is 0 Å². The molecule has 1 aliphatic rings. The highest BCUT2D eigenvalue weighted by Gasteiger charge is 2.24. The van der Waals surface area contributed by atoms with E-state index in [4.69, 9.17) is 0 Å². The van der Waals surface area contributed by atoms with Gasteiger partial charge in [-0.15, -0.1) is 0 Å². The summed E-state index contributed by atoms with van der Waals surface area (Å²) in [5.74, 6) is 0.997. The Morgan fingerprint density at radius 1 is 1.35 bits per heavy atom. The third-order valence-electron chi connectivity index (χ3n) is 3.80. The lowest BCUT2D eigenvalue weighted by molar-refractivity contribution is -0.121. The minimum atomic E-state index is 0.426. The number of Topliss-reactive ketones (excluding diaryl/α,β-unsaturated/α-hetero) is 1. The average Bonchev–Trinajstić information content (AvgIpc) is 2.23. The second-order valence-electron chi connectivity index (χ2n) is 5.74. The monoisotopic (exact) mass is 240 g/mol. The molecule has 0 N–H and O–H groups in total. The first-order valence-electron chi connectivity index (χ1n) is 6.93. The molecule has 0 aromatic rings. The van der Waals surface area contributed by atoms with E-state index in [0.717, 1.165) is 32.5 Å². The first-order chi connectivity index (χ1) is 8.02. The van der Waals surface area contributed by atoms with Crippen molar-refractivity contribution in [2.24, 2.45) is 5.92 Å². The summed E-state index contributed by atoms with van der Waals surface area (Å²) >= 11 is 0. The van der Waals surface area contributed by atoms with E-state index in [2.05, 4.69) is 37.7 Å². The fraction of sp³-hybridized carbons (Fsp3) is 0.929. The molecule has 0 aromatic carbocycles. The molecule has 2 atom stereocenters. The number of carbonyl (C=O) groups is 1. The topological polar surface area (TPSA) is 23.6 Å². The van der Waals surface area contributed by atoms with Crippen LogP contribution in [0.1, 0.15) is 39.5 Å². The van der Waals surface area contributed by atoms with Crippen LogP contribution in [-0.2, 0) is 4.79 Å². The number of nitrogens with zero attached hydrogens (tertiary/aromatic N) is 2. The van der Waals surface area contributed by atoms with Crippen LogP contribution in [0.3, 0.4) is 0 Å². The lowest BCUT2D eigenvalue weighted by atomic mass is 9.95. The van der Waals surface area contributed by atoms with Gasteiger partial charge in [-0.3, -0.25) is 4.79 Å². The van der Waals surface area contributed by atoms with Crippen molar-refractivity contribution in [1.82, 2.24) is 9.80 Å². The van der Waals surface area contributed by atoms with Crippen LogP contribution < -0.4 is 0 Å². The number of ketones is 1. The molecule has 0 amide bonds. The van der Waals surface area contributed by atoms with Crippen LogP contribution in [0.2, 0.25) is 0 Å². The van der Waals surface area contributed by atoms with Gasteiger partial charge < -0.3 is 9.80 Å². The van der Waals surface area contributed by atoms with Gasteiger partial charge in [0.2, 0.25) is 0 Å². The zero-order chi connectivity index (χ0) is 12.8. The van der Waals surface area contributed by atoms with Crippen LogP contribution in [-0.4, -0.2) is 55.4 Å². The van der Waals surface area contributed by atoms with Crippen molar-refractivity contribution in [2.45, 2.75) is 45.6 Å². The van der Waals surface area contributed by atoms with Gasteiger partial charge in [-0.25, -0.2) is 0 Å². The zero-order valence-corrected chi connectivity index (χ0v) is 11.9. The molecule has 0 aromatic heterocycles. The number of carbonyl (C=O) groups excluding carboxylic acids is 1. The third kappa shape index (κ3) is 5.17. The highest BCUT2D eigenvalue weighted by atomic mass is 16.1. The average molecular weight is 240 g/mol. The Bertz CT molecular complexity index is 242. The van der Waals surface area contributed by atoms with Gasteiger partial charge in [0.25, 0.3) is 0 Å². The Kier molecular flexibility index (Phi) is 6.14. The fourth-order valence-corrected chi connectivity index (χ4v) is 2.65. The zero-order valence-electron chi connectivity index (χ0n) is 11.9. The lowest BCUT2D eigenvalue weighted by Crippen LogP contribution is -2.50. The van der Waals surface area contributed by atoms with E-state index in [9.17, 15) is 4.79 Å². The first-order valence-corrected chi connectivity index (χ1v) is 6.93. The molecule has 17 heavy (non-hydrogen) atoms. The molecule has 100 valence electrons. The first kappa shape index (κ1) is 14.7. The van der Waals surface area contributed by atoms with Crippen LogP contribution in [0.5, 0.6) is 0 Å². The molecular formula is C14H28N2O. The summed E-state index contributed by atoms with van der Waals surface area (Å²) in [7, 11) is 4.28. The maximum absolute atomic E-state index is 12.0. The van der Waals surface area contributed by atoms with Gasteiger partial charge in [0, 0.05) is 38.5 Å². The summed E-state index contributed by atoms with van der Waals surface area (Å²) < 4.78 is 0. The molecule has 3 heteroatoms. The second kappa shape index (κ2) is 7.12. The number of hydrogen-bond donors (Lipinski definition) is 0. The van der Waals surface area contributed by atoms with Crippen LogP contribution in [0.4, 0.5) is 0 Å². The van der Waals surface area contributed by atoms with Gasteiger partial charge in [0.1, 0.15) is 5.78 Å². The minimum absolute atomic E-state index is 0.426. The maximum atomic E-state index is 12.0. The van der Waals surface area contributed by atoms with E-state index in [-0.39, 0.29) is 0 Å². The number of likely N-dealkylation sites (N-methyl/N-ethyl adjacent to an activating group) is 2. The van der Waals surface area contributed by atoms with Gasteiger partial charge in [-0.2, -0.15) is 0 Å². The van der Waals surface area contributed by atoms with Crippen LogP contribution in [0.15, 0.2) is 0 Å². The largest absolute Gasteiger partial charge is 0.304 e. The van der Waals surface area contributed by atoms with Crippen molar-refractivity contribution in [3.8, 4) is 0 Å². The lowest BCUT2D eigenvalue weighted by Gasteiger charge is -2.37. The minimum Gasteiger partial charge on any atom is -0.304 e. The highest BCUT2D eigenvalue weighted by molar-refractivity contribution is 5.79. The Morgan fingerprint density at radius 2 is 2.06 bits per heavy atom. The standard InChI is InChI=1S/C14H28N2O/c1-5-6-12(2)9-14(17)10-13-11-15(3)7-8-16(13)4/h12-13H,5-11H2,1-4H3. The highest BCUT2D eigenvalue weighted by Crippen LogP contribution is 2.15. The Morgan fingerprint density at radius 3 is 2.71 bits per heavy atom. The Balaban J connectivity index is 2.33.